The lowest BCUT2D eigenvalue weighted by atomic mass is 10.0. The smallest absolute Gasteiger partial charge is 0.243 e. The first-order valence-electron chi connectivity index (χ1n) is 13.4. The maximum absolute atomic E-state index is 13.8. The van der Waals surface area contributed by atoms with Crippen molar-refractivity contribution < 1.29 is 18.0 Å². The quantitative estimate of drug-likeness (QED) is 0.272. The van der Waals surface area contributed by atoms with Gasteiger partial charge in [0.1, 0.15) is 6.04 Å². The number of hydrogen-bond acceptors (Lipinski definition) is 4. The Morgan fingerprint density at radius 1 is 0.925 bits per heavy atom. The van der Waals surface area contributed by atoms with Crippen LogP contribution in [0.4, 0.5) is 5.69 Å². The molecule has 0 heterocycles. The van der Waals surface area contributed by atoms with Crippen molar-refractivity contribution in [2.45, 2.75) is 58.7 Å². The van der Waals surface area contributed by atoms with Crippen molar-refractivity contribution >= 4 is 43.5 Å². The van der Waals surface area contributed by atoms with Crippen molar-refractivity contribution in [2.24, 2.45) is 0 Å². The molecule has 40 heavy (non-hydrogen) atoms. The first-order chi connectivity index (χ1) is 18.9. The Kier molecular flexibility index (Phi) is 11.3. The van der Waals surface area contributed by atoms with Gasteiger partial charge >= 0.3 is 0 Å². The van der Waals surface area contributed by atoms with Gasteiger partial charge in [-0.25, -0.2) is 8.42 Å². The van der Waals surface area contributed by atoms with Gasteiger partial charge in [-0.1, -0.05) is 76.1 Å². The fraction of sp³-hybridized carbons (Fsp3) is 0.355. The average Bonchev–Trinajstić information content (AvgIpc) is 2.89. The minimum absolute atomic E-state index is 0.0894. The molecule has 0 saturated heterocycles. The molecule has 3 aromatic carbocycles. The van der Waals surface area contributed by atoms with Gasteiger partial charge < -0.3 is 10.2 Å². The van der Waals surface area contributed by atoms with Crippen LogP contribution in [0, 0.1) is 6.92 Å². The van der Waals surface area contributed by atoms with Gasteiger partial charge in [0.25, 0.3) is 0 Å². The fourth-order valence-corrected chi connectivity index (χ4v) is 5.89. The molecular weight excluding hydrogens is 590 g/mol. The number of anilines is 1. The van der Waals surface area contributed by atoms with Crippen LogP contribution < -0.4 is 9.62 Å². The van der Waals surface area contributed by atoms with E-state index in [0.717, 1.165) is 21.2 Å². The van der Waals surface area contributed by atoms with Crippen molar-refractivity contribution in [1.82, 2.24) is 10.2 Å². The lowest BCUT2D eigenvalue weighted by Gasteiger charge is -2.32. The van der Waals surface area contributed by atoms with Gasteiger partial charge in [0.2, 0.25) is 21.8 Å². The van der Waals surface area contributed by atoms with Gasteiger partial charge in [0, 0.05) is 36.4 Å². The zero-order chi connectivity index (χ0) is 29.3. The van der Waals surface area contributed by atoms with Crippen LogP contribution >= 0.6 is 15.9 Å². The molecule has 0 aliphatic carbocycles. The number of hydrogen-bond donors (Lipinski definition) is 1. The molecule has 214 valence electrons. The van der Waals surface area contributed by atoms with E-state index >= 15 is 0 Å². The molecule has 9 heteroatoms. The molecule has 0 unspecified atom stereocenters. The molecule has 1 N–H and O–H groups in total. The highest BCUT2D eigenvalue weighted by atomic mass is 79.9. The van der Waals surface area contributed by atoms with Crippen LogP contribution in [-0.2, 0) is 32.6 Å². The monoisotopic (exact) mass is 627 g/mol. The Balaban J connectivity index is 1.87. The predicted molar refractivity (Wildman–Crippen MR) is 165 cm³/mol. The summed E-state index contributed by atoms with van der Waals surface area (Å²) < 4.78 is 27.4. The van der Waals surface area contributed by atoms with Crippen LogP contribution in [0.1, 0.15) is 43.4 Å². The molecule has 7 nitrogen and oxygen atoms in total. The standard InChI is InChI=1S/C31H38BrN3O4S/c1-23(2)33-31(37)29(21-25-10-6-5-7-11-25)34(22-26-12-8-13-27(32)20-26)30(36)14-9-19-35(40(4,38)39)28-17-15-24(3)16-18-28/h5-8,10-13,15-18,20,23,29H,9,14,19,21-22H2,1-4H3,(H,33,37)/t29-/m1/s1. The number of amides is 2. The normalized spacial score (nSPS) is 12.2. The predicted octanol–water partition coefficient (Wildman–Crippen LogP) is 5.47. The minimum atomic E-state index is -3.55. The van der Waals surface area contributed by atoms with Crippen LogP contribution in [0.25, 0.3) is 0 Å². The molecule has 0 aromatic heterocycles. The number of nitrogens with zero attached hydrogens (tertiary/aromatic N) is 2. The lowest BCUT2D eigenvalue weighted by molar-refractivity contribution is -0.141. The summed E-state index contributed by atoms with van der Waals surface area (Å²) in [4.78, 5) is 28.9. The Labute approximate surface area is 246 Å². The molecule has 0 aliphatic rings. The van der Waals surface area contributed by atoms with Crippen LogP contribution in [0.2, 0.25) is 0 Å². The van der Waals surface area contributed by atoms with E-state index < -0.39 is 16.1 Å². The number of sulfonamides is 1. The lowest BCUT2D eigenvalue weighted by Crippen LogP contribution is -2.51. The number of halogens is 1. The molecule has 0 saturated carbocycles. The van der Waals surface area contributed by atoms with E-state index in [-0.39, 0.29) is 37.4 Å². The summed E-state index contributed by atoms with van der Waals surface area (Å²) in [6.07, 6.45) is 1.92. The summed E-state index contributed by atoms with van der Waals surface area (Å²) in [6, 6.07) is 23.7. The van der Waals surface area contributed by atoms with Gasteiger partial charge in [-0.3, -0.25) is 13.9 Å². The zero-order valence-corrected chi connectivity index (χ0v) is 25.9. The van der Waals surface area contributed by atoms with E-state index in [2.05, 4.69) is 21.2 Å². The Morgan fingerprint density at radius 2 is 1.57 bits per heavy atom. The minimum Gasteiger partial charge on any atom is -0.352 e. The second kappa shape index (κ2) is 14.5. The molecule has 0 aliphatic heterocycles. The van der Waals surface area contributed by atoms with Crippen molar-refractivity contribution in [3.63, 3.8) is 0 Å². The number of benzene rings is 3. The summed E-state index contributed by atoms with van der Waals surface area (Å²) in [7, 11) is -3.55. The molecular formula is C31H38BrN3O4S. The highest BCUT2D eigenvalue weighted by Crippen LogP contribution is 2.21. The molecule has 1 atom stereocenters. The van der Waals surface area contributed by atoms with Gasteiger partial charge in [0.05, 0.1) is 11.9 Å². The molecule has 0 fully saturated rings. The second-order valence-electron chi connectivity index (χ2n) is 10.3. The Hall–Kier alpha value is -3.17. The molecule has 0 spiro atoms. The number of rotatable bonds is 13. The summed E-state index contributed by atoms with van der Waals surface area (Å²) in [5, 5.41) is 2.99. The fourth-order valence-electron chi connectivity index (χ4n) is 4.48. The average molecular weight is 629 g/mol. The topological polar surface area (TPSA) is 86.8 Å². The van der Waals surface area contributed by atoms with Gasteiger partial charge in [0.15, 0.2) is 0 Å². The molecule has 3 rings (SSSR count). The third kappa shape index (κ3) is 9.48. The number of carbonyl (C=O) groups is 2. The van der Waals surface area contributed by atoms with Crippen molar-refractivity contribution in [1.29, 1.82) is 0 Å². The van der Waals surface area contributed by atoms with E-state index in [0.29, 0.717) is 18.5 Å². The molecule has 0 bridgehead atoms. The van der Waals surface area contributed by atoms with Crippen molar-refractivity contribution in [2.75, 3.05) is 17.1 Å². The van der Waals surface area contributed by atoms with Gasteiger partial charge in [-0.15, -0.1) is 0 Å². The molecule has 2 amide bonds. The summed E-state index contributed by atoms with van der Waals surface area (Å²) in [5.74, 6) is -0.434. The highest BCUT2D eigenvalue weighted by molar-refractivity contribution is 9.10. The van der Waals surface area contributed by atoms with Crippen LogP contribution in [0.3, 0.4) is 0 Å². The highest BCUT2D eigenvalue weighted by Gasteiger charge is 2.31. The Morgan fingerprint density at radius 3 is 2.17 bits per heavy atom. The molecule has 3 aromatic rings. The van der Waals surface area contributed by atoms with Crippen molar-refractivity contribution in [3.8, 4) is 0 Å². The van der Waals surface area contributed by atoms with Crippen LogP contribution in [0.15, 0.2) is 83.3 Å². The first kappa shape index (κ1) is 31.4. The van der Waals surface area contributed by atoms with E-state index in [1.165, 1.54) is 10.6 Å². The van der Waals surface area contributed by atoms with Crippen molar-refractivity contribution in [3.05, 3.63) is 100 Å². The zero-order valence-electron chi connectivity index (χ0n) is 23.5. The van der Waals surface area contributed by atoms with Crippen LogP contribution in [0.5, 0.6) is 0 Å². The summed E-state index contributed by atoms with van der Waals surface area (Å²) in [6.45, 7) is 6.12. The SMILES string of the molecule is Cc1ccc(N(CCCC(=O)N(Cc2cccc(Br)c2)[C@H](Cc2ccccc2)C(=O)NC(C)C)S(C)(=O)=O)cc1. The first-order valence-corrected chi connectivity index (χ1v) is 16.0. The number of nitrogens with one attached hydrogen (secondary N) is 1. The maximum atomic E-state index is 13.8. The van der Waals surface area contributed by atoms with Gasteiger partial charge in [-0.2, -0.15) is 0 Å². The third-order valence-corrected chi connectivity index (χ3v) is 8.11. The van der Waals surface area contributed by atoms with Crippen LogP contribution in [-0.4, -0.2) is 50.0 Å². The third-order valence-electron chi connectivity index (χ3n) is 6.42. The largest absolute Gasteiger partial charge is 0.352 e. The van der Waals surface area contributed by atoms with E-state index in [1.807, 2.05) is 87.5 Å². The van der Waals surface area contributed by atoms with E-state index in [4.69, 9.17) is 0 Å². The Bertz CT molecular complexity index is 1380. The van der Waals surface area contributed by atoms with Gasteiger partial charge in [-0.05, 0) is 62.6 Å². The summed E-state index contributed by atoms with van der Waals surface area (Å²) in [5.41, 5.74) is 3.42. The number of aryl methyl sites for hydroxylation is 1. The summed E-state index contributed by atoms with van der Waals surface area (Å²) >= 11 is 3.50. The number of carbonyl (C=O) groups excluding carboxylic acids is 2. The maximum Gasteiger partial charge on any atom is 0.243 e. The van der Waals surface area contributed by atoms with E-state index in [9.17, 15) is 18.0 Å². The second-order valence-corrected chi connectivity index (χ2v) is 13.1. The molecule has 0 radical (unpaired) electrons. The van der Waals surface area contributed by atoms with E-state index in [1.54, 1.807) is 17.0 Å².